The molecule has 3 amide bonds. The molecule has 7 nitrogen and oxygen atoms in total. The van der Waals surface area contributed by atoms with Gasteiger partial charge in [-0.25, -0.2) is 0 Å². The predicted molar refractivity (Wildman–Crippen MR) is 121 cm³/mol. The molecule has 2 atom stereocenters. The van der Waals surface area contributed by atoms with E-state index in [2.05, 4.69) is 5.32 Å². The van der Waals surface area contributed by atoms with Gasteiger partial charge in [-0.05, 0) is 41.7 Å². The summed E-state index contributed by atoms with van der Waals surface area (Å²) in [5.74, 6) is 0.357. The minimum atomic E-state index is -0.451. The second kappa shape index (κ2) is 8.65. The second-order valence-electron chi connectivity index (χ2n) is 8.65. The summed E-state index contributed by atoms with van der Waals surface area (Å²) in [4.78, 5) is 41.3. The molecular formula is C25H29N3O4. The van der Waals surface area contributed by atoms with Gasteiger partial charge in [0.05, 0.1) is 0 Å². The number of rotatable bonds is 7. The van der Waals surface area contributed by atoms with Crippen molar-refractivity contribution in [3.8, 4) is 16.9 Å². The van der Waals surface area contributed by atoms with Crippen LogP contribution in [0.3, 0.4) is 0 Å². The molecule has 1 fully saturated rings. The predicted octanol–water partition coefficient (Wildman–Crippen LogP) is 3.21. The number of hydrogen-bond acceptors (Lipinski definition) is 4. The van der Waals surface area contributed by atoms with E-state index in [4.69, 9.17) is 4.74 Å². The van der Waals surface area contributed by atoms with Gasteiger partial charge >= 0.3 is 0 Å². The molecule has 2 aromatic carbocycles. The van der Waals surface area contributed by atoms with Gasteiger partial charge in [0.25, 0.3) is 11.8 Å². The van der Waals surface area contributed by atoms with Gasteiger partial charge in [-0.3, -0.25) is 14.4 Å². The summed E-state index contributed by atoms with van der Waals surface area (Å²) in [6.07, 6.45) is 0.480. The molecule has 0 aromatic heterocycles. The van der Waals surface area contributed by atoms with E-state index in [9.17, 15) is 14.4 Å². The maximum atomic E-state index is 13.2. The Bertz CT molecular complexity index is 1050. The lowest BCUT2D eigenvalue weighted by molar-refractivity contribution is -0.129. The van der Waals surface area contributed by atoms with Crippen LogP contribution >= 0.6 is 0 Å². The van der Waals surface area contributed by atoms with Crippen LogP contribution in [-0.4, -0.2) is 53.8 Å². The van der Waals surface area contributed by atoms with Crippen molar-refractivity contribution in [1.82, 2.24) is 15.1 Å². The van der Waals surface area contributed by atoms with Crippen LogP contribution in [0.1, 0.15) is 49.3 Å². The zero-order valence-electron chi connectivity index (χ0n) is 18.9. The van der Waals surface area contributed by atoms with Crippen molar-refractivity contribution in [2.45, 2.75) is 39.4 Å². The summed E-state index contributed by atoms with van der Waals surface area (Å²) < 4.78 is 5.58. The lowest BCUT2D eigenvalue weighted by atomic mass is 9.95. The van der Waals surface area contributed by atoms with Crippen molar-refractivity contribution in [3.63, 3.8) is 0 Å². The standard InChI is InChI=1S/C25H29N3O4/c1-5-13-26-20(29)14-32-17-11-9-16(10-12-17)18-7-6-8-19-21(18)23-27(4)25(31)22(15(2)3)28(23)24(19)30/h6-12,15,22-23H,5,13-14H2,1-4H3,(H,26,29). The minimum Gasteiger partial charge on any atom is -0.484 e. The van der Waals surface area contributed by atoms with E-state index in [0.29, 0.717) is 17.9 Å². The van der Waals surface area contributed by atoms with Crippen molar-refractivity contribution < 1.29 is 19.1 Å². The summed E-state index contributed by atoms with van der Waals surface area (Å²) >= 11 is 0. The van der Waals surface area contributed by atoms with E-state index in [1.807, 2.05) is 63.2 Å². The number of ether oxygens (including phenoxy) is 1. The van der Waals surface area contributed by atoms with Gasteiger partial charge in [0, 0.05) is 24.7 Å². The van der Waals surface area contributed by atoms with Crippen molar-refractivity contribution in [3.05, 3.63) is 53.6 Å². The molecule has 1 N–H and O–H groups in total. The van der Waals surface area contributed by atoms with Gasteiger partial charge in [-0.2, -0.15) is 0 Å². The molecule has 32 heavy (non-hydrogen) atoms. The third-order valence-electron chi connectivity index (χ3n) is 6.10. The van der Waals surface area contributed by atoms with E-state index in [-0.39, 0.29) is 30.2 Å². The number of nitrogens with one attached hydrogen (secondary N) is 1. The van der Waals surface area contributed by atoms with E-state index in [1.165, 1.54) is 0 Å². The lowest BCUT2D eigenvalue weighted by Gasteiger charge is -2.25. The zero-order chi connectivity index (χ0) is 23.0. The Balaban J connectivity index is 1.61. The average molecular weight is 436 g/mol. The normalized spacial score (nSPS) is 19.4. The number of likely N-dealkylation sites (N-methyl/N-ethyl adjacent to an activating group) is 1. The van der Waals surface area contributed by atoms with Crippen LogP contribution in [0.5, 0.6) is 5.75 Å². The summed E-state index contributed by atoms with van der Waals surface area (Å²) in [5, 5.41) is 2.78. The second-order valence-corrected chi connectivity index (χ2v) is 8.65. The van der Waals surface area contributed by atoms with Gasteiger partial charge in [-0.15, -0.1) is 0 Å². The number of nitrogens with zero attached hydrogens (tertiary/aromatic N) is 2. The Morgan fingerprint density at radius 3 is 2.44 bits per heavy atom. The van der Waals surface area contributed by atoms with Gasteiger partial charge < -0.3 is 19.9 Å². The molecule has 2 heterocycles. The molecule has 2 aliphatic rings. The Hall–Kier alpha value is -3.35. The van der Waals surface area contributed by atoms with E-state index < -0.39 is 12.2 Å². The van der Waals surface area contributed by atoms with Gasteiger partial charge in [0.2, 0.25) is 5.91 Å². The molecule has 168 valence electrons. The number of benzene rings is 2. The number of amides is 3. The van der Waals surface area contributed by atoms with Crippen LogP contribution in [0.15, 0.2) is 42.5 Å². The van der Waals surface area contributed by atoms with Crippen molar-refractivity contribution in [2.75, 3.05) is 20.2 Å². The highest BCUT2D eigenvalue weighted by atomic mass is 16.5. The smallest absolute Gasteiger partial charge is 0.257 e. The van der Waals surface area contributed by atoms with Crippen LogP contribution < -0.4 is 10.1 Å². The van der Waals surface area contributed by atoms with Gasteiger partial charge in [0.1, 0.15) is 18.0 Å². The number of carbonyl (C=O) groups is 3. The first-order chi connectivity index (χ1) is 15.3. The van der Waals surface area contributed by atoms with Gasteiger partial charge in [0.15, 0.2) is 6.61 Å². The molecular weight excluding hydrogens is 406 g/mol. The van der Waals surface area contributed by atoms with Crippen molar-refractivity contribution in [1.29, 1.82) is 0 Å². The monoisotopic (exact) mass is 435 g/mol. The summed E-state index contributed by atoms with van der Waals surface area (Å²) in [7, 11) is 1.77. The first-order valence-corrected chi connectivity index (χ1v) is 11.1. The van der Waals surface area contributed by atoms with E-state index in [1.54, 1.807) is 16.8 Å². The highest BCUT2D eigenvalue weighted by Gasteiger charge is 2.54. The Labute approximate surface area is 188 Å². The molecule has 0 spiro atoms. The van der Waals surface area contributed by atoms with Crippen molar-refractivity contribution in [2.24, 2.45) is 5.92 Å². The number of carbonyl (C=O) groups excluding carboxylic acids is 3. The third kappa shape index (κ3) is 3.61. The molecule has 2 aromatic rings. The molecule has 2 unspecified atom stereocenters. The maximum Gasteiger partial charge on any atom is 0.257 e. The highest BCUT2D eigenvalue weighted by Crippen LogP contribution is 2.47. The summed E-state index contributed by atoms with van der Waals surface area (Å²) in [5.41, 5.74) is 3.35. The largest absolute Gasteiger partial charge is 0.484 e. The van der Waals surface area contributed by atoms with Crippen LogP contribution in [0.25, 0.3) is 11.1 Å². The average Bonchev–Trinajstić information content (AvgIpc) is 3.22. The SMILES string of the molecule is CCCNC(=O)COc1ccc(-c2cccc3c2C2N(C)C(=O)C(C(C)C)N2C3=O)cc1. The molecule has 0 saturated carbocycles. The third-order valence-corrected chi connectivity index (χ3v) is 6.10. The van der Waals surface area contributed by atoms with Gasteiger partial charge in [-0.1, -0.05) is 45.0 Å². The first kappa shape index (κ1) is 21.9. The molecule has 4 rings (SSSR count). The fraction of sp³-hybridized carbons (Fsp3) is 0.400. The minimum absolute atomic E-state index is 0.0242. The first-order valence-electron chi connectivity index (χ1n) is 11.1. The topological polar surface area (TPSA) is 79.0 Å². The quantitative estimate of drug-likeness (QED) is 0.724. The maximum absolute atomic E-state index is 13.2. The molecule has 7 heteroatoms. The summed E-state index contributed by atoms with van der Waals surface area (Å²) in [6.45, 7) is 6.53. The van der Waals surface area contributed by atoms with Crippen molar-refractivity contribution >= 4 is 17.7 Å². The Kier molecular flexibility index (Phi) is 5.91. The van der Waals surface area contributed by atoms with Crippen LogP contribution in [0.2, 0.25) is 0 Å². The Morgan fingerprint density at radius 1 is 1.09 bits per heavy atom. The number of hydrogen-bond donors (Lipinski definition) is 1. The molecule has 0 bridgehead atoms. The van der Waals surface area contributed by atoms with E-state index in [0.717, 1.165) is 23.1 Å². The highest BCUT2D eigenvalue weighted by molar-refractivity contribution is 6.06. The van der Waals surface area contributed by atoms with Crippen LogP contribution in [-0.2, 0) is 9.59 Å². The molecule has 2 aliphatic heterocycles. The molecule has 0 aliphatic carbocycles. The van der Waals surface area contributed by atoms with E-state index >= 15 is 0 Å². The molecule has 0 radical (unpaired) electrons. The lowest BCUT2D eigenvalue weighted by Crippen LogP contribution is -2.39. The zero-order valence-corrected chi connectivity index (χ0v) is 18.9. The molecule has 1 saturated heterocycles. The fourth-order valence-electron chi connectivity index (χ4n) is 4.58. The van der Waals surface area contributed by atoms with Crippen LogP contribution in [0.4, 0.5) is 0 Å². The Morgan fingerprint density at radius 2 is 1.78 bits per heavy atom. The summed E-state index contributed by atoms with van der Waals surface area (Å²) in [6, 6.07) is 12.7. The number of fused-ring (bicyclic) bond motifs is 3. The fourth-order valence-corrected chi connectivity index (χ4v) is 4.58. The van der Waals surface area contributed by atoms with Crippen LogP contribution in [0, 0.1) is 5.92 Å².